The van der Waals surface area contributed by atoms with Gasteiger partial charge in [0.1, 0.15) is 11.3 Å². The molecule has 0 saturated carbocycles. The van der Waals surface area contributed by atoms with Crippen LogP contribution in [0, 0.1) is 6.92 Å². The highest BCUT2D eigenvalue weighted by atomic mass is 16.5. The molecule has 0 atom stereocenters. The maximum Gasteiger partial charge on any atom is 0.193 e. The summed E-state index contributed by atoms with van der Waals surface area (Å²) in [7, 11) is 1.63. The molecule has 0 aliphatic heterocycles. The van der Waals surface area contributed by atoms with Crippen LogP contribution in [-0.4, -0.2) is 7.11 Å². The Morgan fingerprint density at radius 2 is 1.86 bits per heavy atom. The molecule has 3 heteroatoms. The summed E-state index contributed by atoms with van der Waals surface area (Å²) in [5, 5.41) is 0.599. The quantitative estimate of drug-likeness (QED) is 0.730. The molecule has 0 amide bonds. The van der Waals surface area contributed by atoms with Crippen molar-refractivity contribution in [2.75, 3.05) is 7.11 Å². The van der Waals surface area contributed by atoms with Gasteiger partial charge in [0, 0.05) is 24.3 Å². The molecule has 3 nitrogen and oxygen atoms in total. The van der Waals surface area contributed by atoms with E-state index in [0.29, 0.717) is 23.3 Å². The Morgan fingerprint density at radius 3 is 2.57 bits per heavy atom. The fraction of sp³-hybridized carbons (Fsp3) is 0.167. The Bertz CT molecular complexity index is 832. The smallest absolute Gasteiger partial charge is 0.193 e. The second-order valence-electron chi connectivity index (χ2n) is 5.07. The number of methoxy groups -OCH3 is 1. The maximum absolute atomic E-state index is 12.4. The van der Waals surface area contributed by atoms with Crippen molar-refractivity contribution in [3.8, 4) is 11.3 Å². The first-order valence-electron chi connectivity index (χ1n) is 6.81. The molecule has 1 aromatic heterocycles. The molecule has 1 heterocycles. The summed E-state index contributed by atoms with van der Waals surface area (Å²) < 4.78 is 11.2. The van der Waals surface area contributed by atoms with Crippen LogP contribution in [0.4, 0.5) is 0 Å². The Morgan fingerprint density at radius 1 is 1.10 bits per heavy atom. The predicted octanol–water partition coefficient (Wildman–Crippen LogP) is 3.91. The fourth-order valence-corrected chi connectivity index (χ4v) is 2.50. The molecule has 2 aromatic carbocycles. The summed E-state index contributed by atoms with van der Waals surface area (Å²) >= 11 is 0. The molecule has 106 valence electrons. The van der Waals surface area contributed by atoms with Crippen LogP contribution in [-0.2, 0) is 11.3 Å². The lowest BCUT2D eigenvalue weighted by Crippen LogP contribution is -2.03. The highest BCUT2D eigenvalue weighted by Gasteiger charge is 2.11. The van der Waals surface area contributed by atoms with E-state index < -0.39 is 0 Å². The van der Waals surface area contributed by atoms with Gasteiger partial charge in [0.05, 0.1) is 12.0 Å². The zero-order valence-corrected chi connectivity index (χ0v) is 12.1. The second-order valence-corrected chi connectivity index (χ2v) is 5.07. The molecule has 0 fully saturated rings. The Labute approximate surface area is 122 Å². The van der Waals surface area contributed by atoms with Crippen molar-refractivity contribution in [1.82, 2.24) is 0 Å². The average Bonchev–Trinajstić information content (AvgIpc) is 2.49. The van der Waals surface area contributed by atoms with Crippen LogP contribution in [0.3, 0.4) is 0 Å². The first-order valence-corrected chi connectivity index (χ1v) is 6.81. The minimum absolute atomic E-state index is 0.0313. The number of hydrogen-bond acceptors (Lipinski definition) is 3. The standard InChI is InChI=1S/C18H16O3/c1-12-8-14(11-20-2)18-15(9-12)16(19)10-17(21-18)13-6-4-3-5-7-13/h3-10H,11H2,1-2H3. The summed E-state index contributed by atoms with van der Waals surface area (Å²) in [5.41, 5.74) is 3.38. The van der Waals surface area contributed by atoms with Gasteiger partial charge in [-0.3, -0.25) is 4.79 Å². The number of benzene rings is 2. The topological polar surface area (TPSA) is 39.4 Å². The number of ether oxygens (including phenoxy) is 1. The summed E-state index contributed by atoms with van der Waals surface area (Å²) in [6.07, 6.45) is 0. The Kier molecular flexibility index (Phi) is 3.59. The summed E-state index contributed by atoms with van der Waals surface area (Å²) in [6.45, 7) is 2.38. The van der Waals surface area contributed by atoms with Gasteiger partial charge in [-0.1, -0.05) is 30.3 Å². The van der Waals surface area contributed by atoms with E-state index in [9.17, 15) is 4.79 Å². The number of rotatable bonds is 3. The lowest BCUT2D eigenvalue weighted by Gasteiger charge is -2.08. The molecule has 3 rings (SSSR count). The normalized spacial score (nSPS) is 11.0. The van der Waals surface area contributed by atoms with Gasteiger partial charge in [-0.15, -0.1) is 0 Å². The van der Waals surface area contributed by atoms with E-state index in [1.807, 2.05) is 49.4 Å². The van der Waals surface area contributed by atoms with Gasteiger partial charge in [0.25, 0.3) is 0 Å². The molecule has 0 aliphatic rings. The monoisotopic (exact) mass is 280 g/mol. The molecular formula is C18H16O3. The van der Waals surface area contributed by atoms with E-state index in [-0.39, 0.29) is 5.43 Å². The van der Waals surface area contributed by atoms with Gasteiger partial charge in [0.15, 0.2) is 5.43 Å². The van der Waals surface area contributed by atoms with Crippen LogP contribution in [0.1, 0.15) is 11.1 Å². The third-order valence-electron chi connectivity index (χ3n) is 3.41. The van der Waals surface area contributed by atoms with E-state index in [1.54, 1.807) is 13.2 Å². The van der Waals surface area contributed by atoms with E-state index in [4.69, 9.17) is 9.15 Å². The van der Waals surface area contributed by atoms with Crippen LogP contribution in [0.5, 0.6) is 0 Å². The number of fused-ring (bicyclic) bond motifs is 1. The van der Waals surface area contributed by atoms with Gasteiger partial charge in [-0.25, -0.2) is 0 Å². The zero-order valence-electron chi connectivity index (χ0n) is 12.1. The molecule has 21 heavy (non-hydrogen) atoms. The summed E-state index contributed by atoms with van der Waals surface area (Å²) in [4.78, 5) is 12.4. The lowest BCUT2D eigenvalue weighted by molar-refractivity contribution is 0.185. The number of aryl methyl sites for hydroxylation is 1. The van der Waals surface area contributed by atoms with Crippen molar-refractivity contribution >= 4 is 11.0 Å². The molecule has 0 spiro atoms. The molecule has 0 unspecified atom stereocenters. The molecular weight excluding hydrogens is 264 g/mol. The predicted molar refractivity (Wildman–Crippen MR) is 83.4 cm³/mol. The van der Waals surface area contributed by atoms with Crippen molar-refractivity contribution in [3.63, 3.8) is 0 Å². The second kappa shape index (κ2) is 5.54. The van der Waals surface area contributed by atoms with E-state index in [1.165, 1.54) is 0 Å². The van der Waals surface area contributed by atoms with Gasteiger partial charge in [-0.05, 0) is 24.6 Å². The van der Waals surface area contributed by atoms with Gasteiger partial charge < -0.3 is 9.15 Å². The van der Waals surface area contributed by atoms with Crippen molar-refractivity contribution in [2.24, 2.45) is 0 Å². The van der Waals surface area contributed by atoms with Gasteiger partial charge >= 0.3 is 0 Å². The minimum Gasteiger partial charge on any atom is -0.455 e. The Balaban J connectivity index is 2.30. The molecule has 0 aliphatic carbocycles. The number of hydrogen-bond donors (Lipinski definition) is 0. The van der Waals surface area contributed by atoms with E-state index in [0.717, 1.165) is 16.7 Å². The average molecular weight is 280 g/mol. The van der Waals surface area contributed by atoms with Crippen LogP contribution >= 0.6 is 0 Å². The van der Waals surface area contributed by atoms with Crippen LogP contribution in [0.2, 0.25) is 0 Å². The maximum atomic E-state index is 12.4. The van der Waals surface area contributed by atoms with E-state index in [2.05, 4.69) is 0 Å². The van der Waals surface area contributed by atoms with Crippen LogP contribution < -0.4 is 5.43 Å². The fourth-order valence-electron chi connectivity index (χ4n) is 2.50. The van der Waals surface area contributed by atoms with Gasteiger partial charge in [-0.2, -0.15) is 0 Å². The summed E-state index contributed by atoms with van der Waals surface area (Å²) in [5.74, 6) is 0.578. The molecule has 0 N–H and O–H groups in total. The SMILES string of the molecule is COCc1cc(C)cc2c(=O)cc(-c3ccccc3)oc12. The first-order chi connectivity index (χ1) is 10.2. The van der Waals surface area contributed by atoms with E-state index >= 15 is 0 Å². The zero-order chi connectivity index (χ0) is 14.8. The minimum atomic E-state index is -0.0313. The lowest BCUT2D eigenvalue weighted by atomic mass is 10.1. The highest BCUT2D eigenvalue weighted by Crippen LogP contribution is 2.25. The highest BCUT2D eigenvalue weighted by molar-refractivity contribution is 5.82. The van der Waals surface area contributed by atoms with Gasteiger partial charge in [0.2, 0.25) is 0 Å². The van der Waals surface area contributed by atoms with Crippen molar-refractivity contribution in [3.05, 3.63) is 69.9 Å². The van der Waals surface area contributed by atoms with Crippen molar-refractivity contribution < 1.29 is 9.15 Å². The third-order valence-corrected chi connectivity index (χ3v) is 3.41. The van der Waals surface area contributed by atoms with Crippen LogP contribution in [0.15, 0.2) is 57.7 Å². The first kappa shape index (κ1) is 13.6. The molecule has 0 radical (unpaired) electrons. The van der Waals surface area contributed by atoms with Crippen LogP contribution in [0.25, 0.3) is 22.3 Å². The molecule has 3 aromatic rings. The largest absolute Gasteiger partial charge is 0.455 e. The Hall–Kier alpha value is -2.39. The van der Waals surface area contributed by atoms with Crippen molar-refractivity contribution in [2.45, 2.75) is 13.5 Å². The van der Waals surface area contributed by atoms with Crippen molar-refractivity contribution in [1.29, 1.82) is 0 Å². The molecule has 0 saturated heterocycles. The third kappa shape index (κ3) is 2.60. The molecule has 0 bridgehead atoms. The summed E-state index contributed by atoms with van der Waals surface area (Å²) in [6, 6.07) is 15.0.